The van der Waals surface area contributed by atoms with Gasteiger partial charge in [-0.2, -0.15) is 4.31 Å². The second-order valence-electron chi connectivity index (χ2n) is 6.60. The van der Waals surface area contributed by atoms with Gasteiger partial charge in [-0.1, -0.05) is 23.1 Å². The van der Waals surface area contributed by atoms with Crippen LogP contribution in [0.5, 0.6) is 5.75 Å². The van der Waals surface area contributed by atoms with Gasteiger partial charge < -0.3 is 14.8 Å². The van der Waals surface area contributed by atoms with Gasteiger partial charge in [0.2, 0.25) is 21.1 Å². The molecule has 31 heavy (non-hydrogen) atoms. The normalized spacial score (nSPS) is 17.2. The molecule has 1 aliphatic rings. The zero-order chi connectivity index (χ0) is 22.4. The summed E-state index contributed by atoms with van der Waals surface area (Å²) in [5, 5.41) is 10.8. The van der Waals surface area contributed by atoms with Crippen LogP contribution in [0.15, 0.2) is 33.5 Å². The monoisotopic (exact) mass is 486 g/mol. The highest BCUT2D eigenvalue weighted by Crippen LogP contribution is 2.28. The molecule has 1 fully saturated rings. The molecule has 1 N–H and O–H groups in total. The molecule has 13 heteroatoms. The summed E-state index contributed by atoms with van der Waals surface area (Å²) >= 11 is 2.30. The van der Waals surface area contributed by atoms with Crippen LogP contribution in [0.1, 0.15) is 12.8 Å². The van der Waals surface area contributed by atoms with Crippen LogP contribution in [0, 0.1) is 5.92 Å². The minimum Gasteiger partial charge on any atom is -0.497 e. The molecule has 0 aliphatic carbocycles. The molecule has 0 spiro atoms. The summed E-state index contributed by atoms with van der Waals surface area (Å²) in [5.41, 5.74) is 0. The van der Waals surface area contributed by atoms with E-state index in [0.717, 1.165) is 23.1 Å². The number of hydrogen-bond acceptors (Lipinski definition) is 10. The summed E-state index contributed by atoms with van der Waals surface area (Å²) in [6.45, 7) is 0.439. The first-order valence-electron chi connectivity index (χ1n) is 9.31. The molecule has 168 valence electrons. The number of methoxy groups -OCH3 is 2. The molecule has 0 radical (unpaired) electrons. The van der Waals surface area contributed by atoms with Gasteiger partial charge in [0.1, 0.15) is 5.75 Å². The summed E-state index contributed by atoms with van der Waals surface area (Å²) in [5.74, 6) is -0.533. The largest absolute Gasteiger partial charge is 0.497 e. The van der Waals surface area contributed by atoms with E-state index in [4.69, 9.17) is 4.74 Å². The number of hydrogen-bond donors (Lipinski definition) is 1. The summed E-state index contributed by atoms with van der Waals surface area (Å²) in [6, 6.07) is 6.16. The molecule has 1 aliphatic heterocycles. The first kappa shape index (κ1) is 23.4. The molecule has 1 saturated heterocycles. The van der Waals surface area contributed by atoms with Crippen molar-refractivity contribution in [3.63, 3.8) is 0 Å². The van der Waals surface area contributed by atoms with E-state index < -0.39 is 15.9 Å². The van der Waals surface area contributed by atoms with Crippen LogP contribution in [-0.4, -0.2) is 67.9 Å². The predicted octanol–water partition coefficient (Wildman–Crippen LogP) is 1.85. The third kappa shape index (κ3) is 5.93. The summed E-state index contributed by atoms with van der Waals surface area (Å²) in [7, 11) is -0.902. The molecule has 1 atom stereocenters. The van der Waals surface area contributed by atoms with Crippen LogP contribution >= 0.6 is 23.1 Å². The maximum atomic E-state index is 13.0. The number of thioether (sulfide) groups is 1. The van der Waals surface area contributed by atoms with Crippen molar-refractivity contribution in [3.05, 3.63) is 24.3 Å². The Morgan fingerprint density at radius 3 is 2.68 bits per heavy atom. The number of nitrogens with zero attached hydrogens (tertiary/aromatic N) is 3. The van der Waals surface area contributed by atoms with E-state index in [0.29, 0.717) is 34.6 Å². The zero-order valence-corrected chi connectivity index (χ0v) is 19.4. The molecule has 1 amide bonds. The molecule has 1 aromatic carbocycles. The van der Waals surface area contributed by atoms with E-state index in [9.17, 15) is 18.0 Å². The van der Waals surface area contributed by atoms with Gasteiger partial charge in [0, 0.05) is 13.1 Å². The Morgan fingerprint density at radius 1 is 1.26 bits per heavy atom. The fourth-order valence-electron chi connectivity index (χ4n) is 2.98. The van der Waals surface area contributed by atoms with Crippen LogP contribution < -0.4 is 10.1 Å². The van der Waals surface area contributed by atoms with Gasteiger partial charge in [-0.05, 0) is 37.1 Å². The van der Waals surface area contributed by atoms with E-state index in [1.165, 1.54) is 30.7 Å². The first-order valence-corrected chi connectivity index (χ1v) is 12.6. The fourth-order valence-corrected chi connectivity index (χ4v) is 6.09. The van der Waals surface area contributed by atoms with E-state index in [1.54, 1.807) is 12.1 Å². The standard InChI is InChI=1S/C18H22N4O6S3/c1-27-13-5-7-14(8-6-13)31(25,26)22-9-3-4-12(10-22)16(24)19-17-20-21-18(30-17)29-11-15(23)28-2/h5-8,12H,3-4,9-11H2,1-2H3,(H,19,20,24)/t12-/m0/s1. The number of anilines is 1. The van der Waals surface area contributed by atoms with Crippen LogP contribution in [0.4, 0.5) is 5.13 Å². The molecule has 2 aromatic rings. The Labute approximate surface area is 188 Å². The van der Waals surface area contributed by atoms with Gasteiger partial charge in [-0.15, -0.1) is 10.2 Å². The molecule has 0 bridgehead atoms. The molecule has 0 unspecified atom stereocenters. The van der Waals surface area contributed by atoms with Crippen LogP contribution in [0.3, 0.4) is 0 Å². The number of piperidine rings is 1. The second kappa shape index (κ2) is 10.4. The fraction of sp³-hybridized carbons (Fsp3) is 0.444. The Balaban J connectivity index is 1.61. The van der Waals surface area contributed by atoms with Crippen LogP contribution in [0.25, 0.3) is 0 Å². The van der Waals surface area contributed by atoms with Crippen molar-refractivity contribution in [2.75, 3.05) is 38.4 Å². The predicted molar refractivity (Wildman–Crippen MR) is 116 cm³/mol. The third-order valence-electron chi connectivity index (χ3n) is 4.63. The number of rotatable bonds is 8. The number of carbonyl (C=O) groups is 2. The lowest BCUT2D eigenvalue weighted by atomic mass is 9.99. The summed E-state index contributed by atoms with van der Waals surface area (Å²) < 4.78 is 37.4. The summed E-state index contributed by atoms with van der Waals surface area (Å²) in [4.78, 5) is 24.1. The maximum absolute atomic E-state index is 13.0. The van der Waals surface area contributed by atoms with Crippen molar-refractivity contribution in [2.45, 2.75) is 22.1 Å². The highest BCUT2D eigenvalue weighted by atomic mass is 32.2. The van der Waals surface area contributed by atoms with Gasteiger partial charge in [-0.25, -0.2) is 8.42 Å². The first-order chi connectivity index (χ1) is 14.8. The molecule has 3 rings (SSSR count). The number of amides is 1. The lowest BCUT2D eigenvalue weighted by Crippen LogP contribution is -2.43. The Bertz CT molecular complexity index is 1030. The minimum atomic E-state index is -3.71. The van der Waals surface area contributed by atoms with Crippen molar-refractivity contribution in [1.82, 2.24) is 14.5 Å². The summed E-state index contributed by atoms with van der Waals surface area (Å²) in [6.07, 6.45) is 1.15. The number of nitrogens with one attached hydrogen (secondary N) is 1. The molecule has 0 saturated carbocycles. The lowest BCUT2D eigenvalue weighted by molar-refractivity contribution is -0.137. The number of aromatic nitrogens is 2. The lowest BCUT2D eigenvalue weighted by Gasteiger charge is -2.31. The maximum Gasteiger partial charge on any atom is 0.316 e. The van der Waals surface area contributed by atoms with Gasteiger partial charge in [0.25, 0.3) is 0 Å². The third-order valence-corrected chi connectivity index (χ3v) is 8.45. The zero-order valence-electron chi connectivity index (χ0n) is 16.9. The average Bonchev–Trinajstić information content (AvgIpc) is 3.24. The number of sulfonamides is 1. The molecule has 10 nitrogen and oxygen atoms in total. The van der Waals surface area contributed by atoms with Gasteiger partial charge >= 0.3 is 5.97 Å². The quantitative estimate of drug-likeness (QED) is 0.338. The van der Waals surface area contributed by atoms with Crippen LogP contribution in [0.2, 0.25) is 0 Å². The Morgan fingerprint density at radius 2 is 2.00 bits per heavy atom. The van der Waals surface area contributed by atoms with E-state index in [2.05, 4.69) is 20.3 Å². The Hall–Kier alpha value is -2.22. The van der Waals surface area contributed by atoms with Crippen molar-refractivity contribution >= 4 is 50.1 Å². The number of benzene rings is 1. The van der Waals surface area contributed by atoms with Gasteiger partial charge in [0.15, 0.2) is 4.34 Å². The number of carbonyl (C=O) groups excluding carboxylic acids is 2. The second-order valence-corrected chi connectivity index (χ2v) is 10.7. The van der Waals surface area contributed by atoms with Gasteiger partial charge in [-0.3, -0.25) is 9.59 Å². The number of ether oxygens (including phenoxy) is 2. The molecule has 1 aromatic heterocycles. The van der Waals surface area contributed by atoms with Crippen molar-refractivity contribution < 1.29 is 27.5 Å². The van der Waals surface area contributed by atoms with E-state index in [1.807, 2.05) is 0 Å². The highest BCUT2D eigenvalue weighted by molar-refractivity contribution is 8.01. The number of esters is 1. The van der Waals surface area contributed by atoms with Crippen molar-refractivity contribution in [3.8, 4) is 5.75 Å². The topological polar surface area (TPSA) is 128 Å². The molecular formula is C18H22N4O6S3. The van der Waals surface area contributed by atoms with Crippen molar-refractivity contribution in [1.29, 1.82) is 0 Å². The molecular weight excluding hydrogens is 464 g/mol. The minimum absolute atomic E-state index is 0.0863. The average molecular weight is 487 g/mol. The highest BCUT2D eigenvalue weighted by Gasteiger charge is 2.33. The van der Waals surface area contributed by atoms with Gasteiger partial charge in [0.05, 0.1) is 30.8 Å². The molecule has 2 heterocycles. The smallest absolute Gasteiger partial charge is 0.316 e. The Kier molecular flexibility index (Phi) is 7.86. The van der Waals surface area contributed by atoms with Crippen molar-refractivity contribution in [2.24, 2.45) is 5.92 Å². The van der Waals surface area contributed by atoms with Crippen LogP contribution in [-0.2, 0) is 24.3 Å². The SMILES string of the molecule is COC(=O)CSc1nnc(NC(=O)[C@H]2CCCN(S(=O)(=O)c3ccc(OC)cc3)C2)s1. The van der Waals surface area contributed by atoms with E-state index >= 15 is 0 Å². The van der Waals surface area contributed by atoms with E-state index in [-0.39, 0.29) is 29.1 Å².